The van der Waals surface area contributed by atoms with Gasteiger partial charge in [0.05, 0.1) is 12.2 Å². The van der Waals surface area contributed by atoms with Gasteiger partial charge < -0.3 is 10.1 Å². The maximum absolute atomic E-state index is 12.8. The number of amides is 1. The number of hydrogen-bond donors (Lipinski definition) is 1. The van der Waals surface area contributed by atoms with Gasteiger partial charge in [-0.05, 0) is 50.5 Å². The van der Waals surface area contributed by atoms with E-state index in [4.69, 9.17) is 4.74 Å². The first-order valence-corrected chi connectivity index (χ1v) is 9.14. The van der Waals surface area contributed by atoms with Gasteiger partial charge in [-0.1, -0.05) is 56.0 Å². The molecule has 0 bridgehead atoms. The fraction of sp³-hybridized carbons (Fsp3) is 0.409. The second-order valence-corrected chi connectivity index (χ2v) is 6.63. The fourth-order valence-corrected chi connectivity index (χ4v) is 3.05. The first-order valence-electron chi connectivity index (χ1n) is 9.14. The van der Waals surface area contributed by atoms with Crippen molar-refractivity contribution in [3.63, 3.8) is 0 Å². The predicted octanol–water partition coefficient (Wildman–Crippen LogP) is 5.82. The Morgan fingerprint density at radius 2 is 1.68 bits per heavy atom. The molecule has 0 heterocycles. The Kier molecular flexibility index (Phi) is 7.05. The molecule has 134 valence electrons. The molecule has 2 aromatic rings. The second kappa shape index (κ2) is 9.26. The summed E-state index contributed by atoms with van der Waals surface area (Å²) >= 11 is 0. The van der Waals surface area contributed by atoms with Crippen LogP contribution >= 0.6 is 0 Å². The number of para-hydroxylation sites is 1. The lowest BCUT2D eigenvalue weighted by molar-refractivity contribution is 0.102. The molecule has 3 nitrogen and oxygen atoms in total. The Bertz CT molecular complexity index is 699. The van der Waals surface area contributed by atoms with Gasteiger partial charge in [0.1, 0.15) is 5.75 Å². The van der Waals surface area contributed by atoms with Crippen LogP contribution < -0.4 is 10.1 Å². The van der Waals surface area contributed by atoms with E-state index >= 15 is 0 Å². The Morgan fingerprint density at radius 1 is 1.00 bits per heavy atom. The summed E-state index contributed by atoms with van der Waals surface area (Å²) in [6, 6.07) is 11.6. The van der Waals surface area contributed by atoms with E-state index < -0.39 is 0 Å². The van der Waals surface area contributed by atoms with Crippen molar-refractivity contribution in [3.8, 4) is 5.75 Å². The Labute approximate surface area is 151 Å². The van der Waals surface area contributed by atoms with Gasteiger partial charge in [0.25, 0.3) is 5.91 Å². The molecular formula is C22H29NO2. The maximum Gasteiger partial charge on any atom is 0.259 e. The molecule has 0 saturated carbocycles. The molecule has 0 aliphatic carbocycles. The van der Waals surface area contributed by atoms with Crippen LogP contribution in [0.3, 0.4) is 0 Å². The molecular weight excluding hydrogens is 310 g/mol. The van der Waals surface area contributed by atoms with Crippen LogP contribution in [-0.4, -0.2) is 12.5 Å². The van der Waals surface area contributed by atoms with Crippen molar-refractivity contribution in [3.05, 3.63) is 58.7 Å². The molecule has 0 unspecified atom stereocenters. The van der Waals surface area contributed by atoms with Crippen LogP contribution in [0.4, 0.5) is 5.69 Å². The molecule has 2 aromatic carbocycles. The summed E-state index contributed by atoms with van der Waals surface area (Å²) in [5, 5.41) is 3.05. The summed E-state index contributed by atoms with van der Waals surface area (Å²) in [5.41, 5.74) is 4.81. The van der Waals surface area contributed by atoms with Gasteiger partial charge in [0, 0.05) is 5.69 Å². The summed E-state index contributed by atoms with van der Waals surface area (Å²) in [6.07, 6.45) is 4.60. The van der Waals surface area contributed by atoms with E-state index in [9.17, 15) is 4.79 Å². The van der Waals surface area contributed by atoms with E-state index in [0.29, 0.717) is 17.9 Å². The maximum atomic E-state index is 12.8. The van der Waals surface area contributed by atoms with Gasteiger partial charge in [-0.2, -0.15) is 0 Å². The molecule has 0 aliphatic heterocycles. The zero-order valence-electron chi connectivity index (χ0n) is 15.8. The number of benzene rings is 2. The predicted molar refractivity (Wildman–Crippen MR) is 105 cm³/mol. The number of carbonyl (C=O) groups excluding carboxylic acids is 1. The minimum absolute atomic E-state index is 0.126. The number of ether oxygens (including phenoxy) is 1. The molecule has 0 spiro atoms. The van der Waals surface area contributed by atoms with E-state index in [1.807, 2.05) is 38.1 Å². The molecule has 0 fully saturated rings. The third-order valence-electron chi connectivity index (χ3n) is 4.30. The van der Waals surface area contributed by atoms with Gasteiger partial charge in [0.15, 0.2) is 0 Å². The first-order chi connectivity index (χ1) is 12.0. The minimum atomic E-state index is -0.126. The topological polar surface area (TPSA) is 38.3 Å². The Hall–Kier alpha value is -2.29. The Morgan fingerprint density at radius 3 is 2.36 bits per heavy atom. The Balaban J connectivity index is 2.09. The average Bonchev–Trinajstić information content (AvgIpc) is 2.58. The molecule has 0 aliphatic rings. The molecule has 0 atom stereocenters. The number of hydrogen-bond acceptors (Lipinski definition) is 2. The van der Waals surface area contributed by atoms with Crippen LogP contribution in [0.2, 0.25) is 0 Å². The lowest BCUT2D eigenvalue weighted by Gasteiger charge is -2.15. The molecule has 0 radical (unpaired) electrons. The third kappa shape index (κ3) is 5.35. The van der Waals surface area contributed by atoms with E-state index in [0.717, 1.165) is 29.7 Å². The molecule has 3 heteroatoms. The molecule has 1 amide bonds. The standard InChI is InChI=1S/C22H29NO2/c1-5-6-7-10-13-25-20-12-9-8-11-19(20)22(24)23-21-17(3)14-16(2)15-18(21)4/h8-9,11-12,14-15H,5-7,10,13H2,1-4H3,(H,23,24). The number of carbonyl (C=O) groups is 1. The quantitative estimate of drug-likeness (QED) is 0.615. The van der Waals surface area contributed by atoms with Gasteiger partial charge in [-0.15, -0.1) is 0 Å². The third-order valence-corrected chi connectivity index (χ3v) is 4.30. The van der Waals surface area contributed by atoms with Crippen LogP contribution in [0.5, 0.6) is 5.75 Å². The highest BCUT2D eigenvalue weighted by Gasteiger charge is 2.14. The van der Waals surface area contributed by atoms with Crippen LogP contribution in [0.1, 0.15) is 59.7 Å². The van der Waals surface area contributed by atoms with Crippen LogP contribution in [0, 0.1) is 20.8 Å². The number of unbranched alkanes of at least 4 members (excludes halogenated alkanes) is 3. The molecule has 0 saturated heterocycles. The number of nitrogens with one attached hydrogen (secondary N) is 1. The van der Waals surface area contributed by atoms with Crippen molar-refractivity contribution in [2.24, 2.45) is 0 Å². The van der Waals surface area contributed by atoms with Crippen LogP contribution in [-0.2, 0) is 0 Å². The van der Waals surface area contributed by atoms with E-state index in [1.165, 1.54) is 18.4 Å². The number of aryl methyl sites for hydroxylation is 3. The molecule has 25 heavy (non-hydrogen) atoms. The van der Waals surface area contributed by atoms with Crippen molar-refractivity contribution in [2.45, 2.75) is 53.4 Å². The monoisotopic (exact) mass is 339 g/mol. The smallest absolute Gasteiger partial charge is 0.259 e. The van der Waals surface area contributed by atoms with Crippen molar-refractivity contribution in [2.75, 3.05) is 11.9 Å². The summed E-state index contributed by atoms with van der Waals surface area (Å²) < 4.78 is 5.86. The zero-order valence-corrected chi connectivity index (χ0v) is 15.8. The average molecular weight is 339 g/mol. The minimum Gasteiger partial charge on any atom is -0.493 e. The van der Waals surface area contributed by atoms with E-state index in [2.05, 4.69) is 31.3 Å². The molecule has 2 rings (SSSR count). The lowest BCUT2D eigenvalue weighted by atomic mass is 10.0. The van der Waals surface area contributed by atoms with Crippen molar-refractivity contribution >= 4 is 11.6 Å². The van der Waals surface area contributed by atoms with Gasteiger partial charge in [-0.3, -0.25) is 4.79 Å². The summed E-state index contributed by atoms with van der Waals surface area (Å²) in [5.74, 6) is 0.526. The zero-order chi connectivity index (χ0) is 18.2. The highest BCUT2D eigenvalue weighted by Crippen LogP contribution is 2.25. The number of anilines is 1. The molecule has 1 N–H and O–H groups in total. The SMILES string of the molecule is CCCCCCOc1ccccc1C(=O)Nc1c(C)cc(C)cc1C. The largest absolute Gasteiger partial charge is 0.493 e. The van der Waals surface area contributed by atoms with Crippen molar-refractivity contribution in [1.29, 1.82) is 0 Å². The van der Waals surface area contributed by atoms with Crippen LogP contribution in [0.25, 0.3) is 0 Å². The summed E-state index contributed by atoms with van der Waals surface area (Å²) in [6.45, 7) is 8.94. The van der Waals surface area contributed by atoms with Gasteiger partial charge in [0.2, 0.25) is 0 Å². The van der Waals surface area contributed by atoms with E-state index in [-0.39, 0.29) is 5.91 Å². The number of rotatable bonds is 8. The summed E-state index contributed by atoms with van der Waals surface area (Å²) in [7, 11) is 0. The normalized spacial score (nSPS) is 10.6. The highest BCUT2D eigenvalue weighted by molar-refractivity contribution is 6.06. The van der Waals surface area contributed by atoms with Gasteiger partial charge >= 0.3 is 0 Å². The van der Waals surface area contributed by atoms with Crippen molar-refractivity contribution < 1.29 is 9.53 Å². The summed E-state index contributed by atoms with van der Waals surface area (Å²) in [4.78, 5) is 12.8. The fourth-order valence-electron chi connectivity index (χ4n) is 3.05. The van der Waals surface area contributed by atoms with Gasteiger partial charge in [-0.25, -0.2) is 0 Å². The van der Waals surface area contributed by atoms with E-state index in [1.54, 1.807) is 0 Å². The van der Waals surface area contributed by atoms with Crippen LogP contribution in [0.15, 0.2) is 36.4 Å². The second-order valence-electron chi connectivity index (χ2n) is 6.63. The molecule has 0 aromatic heterocycles. The lowest BCUT2D eigenvalue weighted by Crippen LogP contribution is -2.15. The highest BCUT2D eigenvalue weighted by atomic mass is 16.5. The van der Waals surface area contributed by atoms with Crippen molar-refractivity contribution in [1.82, 2.24) is 0 Å². The first kappa shape index (κ1) is 19.0.